The van der Waals surface area contributed by atoms with Crippen LogP contribution in [-0.4, -0.2) is 47.8 Å². The van der Waals surface area contributed by atoms with Gasteiger partial charge in [0.1, 0.15) is 5.82 Å². The first-order valence-corrected chi connectivity index (χ1v) is 15.7. The molecule has 0 aliphatic carbocycles. The van der Waals surface area contributed by atoms with Crippen LogP contribution in [0.5, 0.6) is 0 Å². The number of rotatable bonds is 6. The molecular weight excluding hydrogens is 573 g/mol. The lowest BCUT2D eigenvalue weighted by atomic mass is 10.0. The fourth-order valence-electron chi connectivity index (χ4n) is 5.94. The zero-order chi connectivity index (χ0) is 30.9. The van der Waals surface area contributed by atoms with Gasteiger partial charge in [-0.2, -0.15) is 0 Å². The van der Waals surface area contributed by atoms with Crippen LogP contribution in [-0.2, 0) is 24.3 Å². The largest absolute Gasteiger partial charge is 0.338 e. The van der Waals surface area contributed by atoms with E-state index in [1.54, 1.807) is 0 Å². The summed E-state index contributed by atoms with van der Waals surface area (Å²) >= 11 is 6.40. The molecule has 44 heavy (non-hydrogen) atoms. The molecule has 4 aromatic carbocycles. The van der Waals surface area contributed by atoms with Gasteiger partial charge in [0.2, 0.25) is 5.91 Å². The molecular formula is C37H39ClFN3O2. The monoisotopic (exact) mass is 611 g/mol. The van der Waals surface area contributed by atoms with Crippen LogP contribution < -0.4 is 4.90 Å². The number of anilines is 1. The summed E-state index contributed by atoms with van der Waals surface area (Å²) in [6.45, 7) is 5.92. The standard InChI is InChI=1S/C37H39ClFN3O2/c1-28-10-7-14-32-27-41(35(43)21-18-30-13-5-6-15-34(30)38)24-8-22-40(26-29-11-3-2-4-12-29)23-9-25-42(36(28)32)37(44)31-16-19-33(39)20-17-31/h2-7,10-17,19-20H,8-9,18,21-27H2,1H3. The normalized spacial score (nSPS) is 14.8. The number of amides is 2. The Kier molecular flexibility index (Phi) is 10.8. The first kappa shape index (κ1) is 31.4. The van der Waals surface area contributed by atoms with Crippen molar-refractivity contribution in [1.29, 1.82) is 0 Å². The molecule has 1 aliphatic rings. The van der Waals surface area contributed by atoms with Crippen molar-refractivity contribution in [2.24, 2.45) is 0 Å². The van der Waals surface area contributed by atoms with Crippen LogP contribution in [0.3, 0.4) is 0 Å². The third-order valence-electron chi connectivity index (χ3n) is 8.21. The summed E-state index contributed by atoms with van der Waals surface area (Å²) in [4.78, 5) is 34.0. The lowest BCUT2D eigenvalue weighted by Crippen LogP contribution is -2.39. The highest BCUT2D eigenvalue weighted by molar-refractivity contribution is 6.31. The van der Waals surface area contributed by atoms with Gasteiger partial charge in [-0.25, -0.2) is 4.39 Å². The highest BCUT2D eigenvalue weighted by Gasteiger charge is 2.25. The SMILES string of the molecule is Cc1cccc2c1N(C(=O)c1ccc(F)cc1)CCCN(Cc1ccccc1)CCCN(C(=O)CCc1ccccc1Cl)C2. The minimum atomic E-state index is -0.380. The Hall–Kier alpha value is -4.00. The van der Waals surface area contributed by atoms with Gasteiger partial charge in [-0.1, -0.05) is 78.3 Å². The van der Waals surface area contributed by atoms with Crippen LogP contribution in [0.25, 0.3) is 0 Å². The van der Waals surface area contributed by atoms with E-state index in [1.165, 1.54) is 29.8 Å². The highest BCUT2D eigenvalue weighted by Crippen LogP contribution is 2.30. The summed E-state index contributed by atoms with van der Waals surface area (Å²) in [5.74, 6) is -0.501. The fourth-order valence-corrected chi connectivity index (χ4v) is 6.17. The van der Waals surface area contributed by atoms with E-state index in [2.05, 4.69) is 17.0 Å². The van der Waals surface area contributed by atoms with E-state index in [4.69, 9.17) is 11.6 Å². The van der Waals surface area contributed by atoms with E-state index >= 15 is 0 Å². The molecule has 0 saturated carbocycles. The van der Waals surface area contributed by atoms with Crippen molar-refractivity contribution < 1.29 is 14.0 Å². The first-order valence-electron chi connectivity index (χ1n) is 15.3. The zero-order valence-corrected chi connectivity index (χ0v) is 26.0. The number of nitrogens with zero attached hydrogens (tertiary/aromatic N) is 3. The molecule has 1 heterocycles. The Balaban J connectivity index is 1.46. The smallest absolute Gasteiger partial charge is 0.258 e. The summed E-state index contributed by atoms with van der Waals surface area (Å²) in [6.07, 6.45) is 2.51. The Labute approximate surface area is 264 Å². The quantitative estimate of drug-likeness (QED) is 0.224. The van der Waals surface area contributed by atoms with Crippen LogP contribution in [0.4, 0.5) is 10.1 Å². The molecule has 0 N–H and O–H groups in total. The van der Waals surface area contributed by atoms with Crippen LogP contribution in [0.15, 0.2) is 97.1 Å². The maximum Gasteiger partial charge on any atom is 0.258 e. The summed E-state index contributed by atoms with van der Waals surface area (Å²) in [6, 6.07) is 29.7. The van der Waals surface area contributed by atoms with Gasteiger partial charge in [0, 0.05) is 56.3 Å². The summed E-state index contributed by atoms with van der Waals surface area (Å²) in [5, 5.41) is 0.668. The topological polar surface area (TPSA) is 43.9 Å². The molecule has 228 valence electrons. The van der Waals surface area contributed by atoms with Crippen molar-refractivity contribution >= 4 is 29.1 Å². The maximum absolute atomic E-state index is 14.0. The number of hydrogen-bond donors (Lipinski definition) is 0. The second-order valence-electron chi connectivity index (χ2n) is 11.4. The molecule has 5 rings (SSSR count). The van der Waals surface area contributed by atoms with Gasteiger partial charge in [-0.05, 0) is 78.8 Å². The Morgan fingerprint density at radius 3 is 2.25 bits per heavy atom. The van der Waals surface area contributed by atoms with E-state index in [0.717, 1.165) is 54.9 Å². The number of halogens is 2. The summed E-state index contributed by atoms with van der Waals surface area (Å²) < 4.78 is 13.8. The van der Waals surface area contributed by atoms with Crippen molar-refractivity contribution in [1.82, 2.24) is 9.80 Å². The average Bonchev–Trinajstić information content (AvgIpc) is 3.02. The molecule has 0 atom stereocenters. The number of carbonyl (C=O) groups excluding carboxylic acids is 2. The van der Waals surface area contributed by atoms with Gasteiger partial charge >= 0.3 is 0 Å². The van der Waals surface area contributed by atoms with Crippen molar-refractivity contribution in [3.63, 3.8) is 0 Å². The van der Waals surface area contributed by atoms with Gasteiger partial charge in [-0.15, -0.1) is 0 Å². The molecule has 1 aliphatic heterocycles. The number of aryl methyl sites for hydroxylation is 2. The number of benzene rings is 4. The van der Waals surface area contributed by atoms with Crippen LogP contribution in [0.2, 0.25) is 5.02 Å². The molecule has 0 unspecified atom stereocenters. The van der Waals surface area contributed by atoms with E-state index in [9.17, 15) is 14.0 Å². The van der Waals surface area contributed by atoms with E-state index in [-0.39, 0.29) is 17.6 Å². The van der Waals surface area contributed by atoms with E-state index in [0.29, 0.717) is 43.1 Å². The Morgan fingerprint density at radius 1 is 0.795 bits per heavy atom. The molecule has 0 bridgehead atoms. The van der Waals surface area contributed by atoms with Crippen LogP contribution >= 0.6 is 11.6 Å². The van der Waals surface area contributed by atoms with Crippen LogP contribution in [0, 0.1) is 12.7 Å². The molecule has 2 amide bonds. The van der Waals surface area contributed by atoms with Crippen molar-refractivity contribution in [3.8, 4) is 0 Å². The van der Waals surface area contributed by atoms with Crippen molar-refractivity contribution in [3.05, 3.63) is 136 Å². The van der Waals surface area contributed by atoms with Crippen LogP contribution in [0.1, 0.15) is 51.9 Å². The maximum atomic E-state index is 14.0. The highest BCUT2D eigenvalue weighted by atomic mass is 35.5. The lowest BCUT2D eigenvalue weighted by molar-refractivity contribution is -0.131. The third-order valence-corrected chi connectivity index (χ3v) is 8.58. The Bertz CT molecular complexity index is 1560. The van der Waals surface area contributed by atoms with Crippen molar-refractivity contribution in [2.45, 2.75) is 45.7 Å². The molecule has 7 heteroatoms. The second-order valence-corrected chi connectivity index (χ2v) is 11.8. The van der Waals surface area contributed by atoms with Gasteiger partial charge < -0.3 is 9.80 Å². The van der Waals surface area contributed by atoms with E-state index < -0.39 is 0 Å². The molecule has 0 saturated heterocycles. The molecule has 0 fully saturated rings. The van der Waals surface area contributed by atoms with Gasteiger partial charge in [-0.3, -0.25) is 14.5 Å². The molecule has 5 nitrogen and oxygen atoms in total. The Morgan fingerprint density at radius 2 is 1.50 bits per heavy atom. The van der Waals surface area contributed by atoms with Gasteiger partial charge in [0.15, 0.2) is 0 Å². The minimum absolute atomic E-state index is 0.0560. The fraction of sp³-hybridized carbons (Fsp3) is 0.297. The molecule has 4 aromatic rings. The molecule has 0 radical (unpaired) electrons. The molecule has 0 aromatic heterocycles. The first-order chi connectivity index (χ1) is 21.4. The second kappa shape index (κ2) is 15.1. The predicted molar refractivity (Wildman–Crippen MR) is 175 cm³/mol. The molecule has 0 spiro atoms. The number of para-hydroxylation sites is 1. The minimum Gasteiger partial charge on any atom is -0.338 e. The zero-order valence-electron chi connectivity index (χ0n) is 25.2. The average molecular weight is 612 g/mol. The third kappa shape index (κ3) is 8.13. The number of hydrogen-bond acceptors (Lipinski definition) is 3. The predicted octanol–water partition coefficient (Wildman–Crippen LogP) is 7.69. The van der Waals surface area contributed by atoms with Gasteiger partial charge in [0.05, 0.1) is 5.69 Å². The van der Waals surface area contributed by atoms with Gasteiger partial charge in [0.25, 0.3) is 5.91 Å². The van der Waals surface area contributed by atoms with Crippen molar-refractivity contribution in [2.75, 3.05) is 31.1 Å². The number of fused-ring (bicyclic) bond motifs is 1. The summed E-state index contributed by atoms with van der Waals surface area (Å²) in [7, 11) is 0. The summed E-state index contributed by atoms with van der Waals surface area (Å²) in [5.41, 5.74) is 5.32. The van der Waals surface area contributed by atoms with E-state index in [1.807, 2.05) is 77.4 Å². The number of carbonyl (C=O) groups is 2. The lowest BCUT2D eigenvalue weighted by Gasteiger charge is -2.33.